The summed E-state index contributed by atoms with van der Waals surface area (Å²) in [6, 6.07) is 10.8. The molecule has 0 aromatic heterocycles. The first-order valence-corrected chi connectivity index (χ1v) is 8.06. The van der Waals surface area contributed by atoms with Crippen molar-refractivity contribution in [1.82, 2.24) is 4.72 Å². The highest BCUT2D eigenvalue weighted by Gasteiger charge is 2.17. The molecule has 0 aliphatic carbocycles. The van der Waals surface area contributed by atoms with Crippen LogP contribution in [0.15, 0.2) is 53.4 Å². The van der Waals surface area contributed by atoms with Crippen LogP contribution in [0, 0.1) is 10.1 Å². The van der Waals surface area contributed by atoms with Gasteiger partial charge in [-0.2, -0.15) is 0 Å². The normalized spacial score (nSPS) is 11.0. The molecular weight excluding hydrogens is 338 g/mol. The van der Waals surface area contributed by atoms with Crippen molar-refractivity contribution in [2.45, 2.75) is 11.4 Å². The molecule has 0 radical (unpaired) electrons. The van der Waals surface area contributed by atoms with Gasteiger partial charge in [-0.3, -0.25) is 10.1 Å². The van der Waals surface area contributed by atoms with Crippen LogP contribution in [-0.2, 0) is 16.6 Å². The number of nitrogens with two attached hydrogens (primary N) is 1. The number of nitrogens with zero attached hydrogens (tertiary/aromatic N) is 1. The number of carbonyl (C=O) groups excluding carboxylic acids is 1. The Bertz CT molecular complexity index is 882. The van der Waals surface area contributed by atoms with Crippen molar-refractivity contribution in [3.05, 3.63) is 64.2 Å². The fourth-order valence-electron chi connectivity index (χ4n) is 1.86. The van der Waals surface area contributed by atoms with Gasteiger partial charge in [0.1, 0.15) is 5.75 Å². The molecule has 3 N–H and O–H groups in total. The highest BCUT2D eigenvalue weighted by molar-refractivity contribution is 7.89. The quantitative estimate of drug-likeness (QED) is 0.597. The van der Waals surface area contributed by atoms with Crippen molar-refractivity contribution in [3.63, 3.8) is 0 Å². The van der Waals surface area contributed by atoms with Crippen LogP contribution in [0.1, 0.15) is 5.56 Å². The predicted molar refractivity (Wildman–Crippen MR) is 83.8 cm³/mol. The molecule has 126 valence electrons. The van der Waals surface area contributed by atoms with E-state index in [-0.39, 0.29) is 22.9 Å². The van der Waals surface area contributed by atoms with E-state index >= 15 is 0 Å². The van der Waals surface area contributed by atoms with Gasteiger partial charge in [-0.25, -0.2) is 17.9 Å². The number of rotatable bonds is 6. The Morgan fingerprint density at radius 3 is 2.58 bits per heavy atom. The summed E-state index contributed by atoms with van der Waals surface area (Å²) in [5.41, 5.74) is 5.10. The Kier molecular flexibility index (Phi) is 5.11. The lowest BCUT2D eigenvalue weighted by molar-refractivity contribution is -0.385. The summed E-state index contributed by atoms with van der Waals surface area (Å²) in [6.45, 7) is -0.0962. The molecule has 2 rings (SSSR count). The van der Waals surface area contributed by atoms with Gasteiger partial charge in [-0.05, 0) is 23.8 Å². The summed E-state index contributed by atoms with van der Waals surface area (Å²) in [4.78, 5) is 20.5. The predicted octanol–water partition coefficient (Wildman–Crippen LogP) is 1.53. The molecular formula is C14H13N3O6S. The number of nitrogens with one attached hydrogen (secondary N) is 1. The summed E-state index contributed by atoms with van der Waals surface area (Å²) in [6.07, 6.45) is -0.982. The molecule has 0 aliphatic rings. The van der Waals surface area contributed by atoms with Crippen LogP contribution in [0.25, 0.3) is 0 Å². The van der Waals surface area contributed by atoms with Gasteiger partial charge < -0.3 is 10.5 Å². The van der Waals surface area contributed by atoms with Gasteiger partial charge in [0, 0.05) is 18.7 Å². The van der Waals surface area contributed by atoms with Crippen LogP contribution < -0.4 is 15.2 Å². The molecule has 2 aromatic rings. The van der Waals surface area contributed by atoms with Crippen molar-refractivity contribution in [3.8, 4) is 5.75 Å². The van der Waals surface area contributed by atoms with Gasteiger partial charge >= 0.3 is 6.09 Å². The lowest BCUT2D eigenvalue weighted by Crippen LogP contribution is -2.23. The number of primary amides is 1. The van der Waals surface area contributed by atoms with Crippen molar-refractivity contribution >= 4 is 21.8 Å². The van der Waals surface area contributed by atoms with Crippen molar-refractivity contribution < 1.29 is 22.9 Å². The first-order chi connectivity index (χ1) is 11.3. The summed E-state index contributed by atoms with van der Waals surface area (Å²) in [7, 11) is -3.94. The van der Waals surface area contributed by atoms with E-state index in [9.17, 15) is 23.3 Å². The van der Waals surface area contributed by atoms with Gasteiger partial charge in [0.25, 0.3) is 5.69 Å². The highest BCUT2D eigenvalue weighted by atomic mass is 32.2. The molecule has 9 nitrogen and oxygen atoms in total. The second-order valence-corrected chi connectivity index (χ2v) is 6.41. The first-order valence-electron chi connectivity index (χ1n) is 6.58. The largest absolute Gasteiger partial charge is 0.410 e. The Labute approximate surface area is 137 Å². The van der Waals surface area contributed by atoms with Crippen LogP contribution in [0.3, 0.4) is 0 Å². The molecule has 0 fully saturated rings. The van der Waals surface area contributed by atoms with E-state index in [0.29, 0.717) is 5.56 Å². The van der Waals surface area contributed by atoms with Crippen molar-refractivity contribution in [2.24, 2.45) is 5.73 Å². The highest BCUT2D eigenvalue weighted by Crippen LogP contribution is 2.18. The lowest BCUT2D eigenvalue weighted by atomic mass is 10.2. The number of amides is 1. The van der Waals surface area contributed by atoms with E-state index in [1.165, 1.54) is 30.3 Å². The number of sulfonamides is 1. The number of ether oxygens (including phenoxy) is 1. The van der Waals surface area contributed by atoms with Gasteiger partial charge in [0.15, 0.2) is 0 Å². The number of carbonyl (C=O) groups is 1. The number of benzene rings is 2. The third kappa shape index (κ3) is 4.51. The van der Waals surface area contributed by atoms with Crippen molar-refractivity contribution in [1.29, 1.82) is 0 Å². The Balaban J connectivity index is 2.14. The second-order valence-electron chi connectivity index (χ2n) is 4.65. The van der Waals surface area contributed by atoms with Gasteiger partial charge in [0.05, 0.1) is 9.82 Å². The SMILES string of the molecule is NC(=O)Oc1cccc(CNS(=O)(=O)c2cccc([N+](=O)[O-])c2)c1. The molecule has 0 spiro atoms. The molecule has 0 unspecified atom stereocenters. The maximum absolute atomic E-state index is 12.2. The molecule has 0 aliphatic heterocycles. The lowest BCUT2D eigenvalue weighted by Gasteiger charge is -2.08. The zero-order valence-electron chi connectivity index (χ0n) is 12.2. The molecule has 0 saturated heterocycles. The smallest absolute Gasteiger partial charge is 0.409 e. The molecule has 0 atom stereocenters. The number of hydrogen-bond donors (Lipinski definition) is 2. The monoisotopic (exact) mass is 351 g/mol. The molecule has 0 saturated carbocycles. The molecule has 1 amide bonds. The molecule has 10 heteroatoms. The van der Waals surface area contributed by atoms with E-state index in [0.717, 1.165) is 6.07 Å². The van der Waals surface area contributed by atoms with E-state index < -0.39 is 21.0 Å². The zero-order valence-corrected chi connectivity index (χ0v) is 13.0. The van der Waals surface area contributed by atoms with E-state index in [1.54, 1.807) is 12.1 Å². The summed E-state index contributed by atoms with van der Waals surface area (Å²) in [5.74, 6) is 0.176. The van der Waals surface area contributed by atoms with E-state index in [1.807, 2.05) is 0 Å². The Morgan fingerprint density at radius 2 is 1.92 bits per heavy atom. The average molecular weight is 351 g/mol. The molecule has 0 heterocycles. The van der Waals surface area contributed by atoms with Crippen LogP contribution >= 0.6 is 0 Å². The first kappa shape index (κ1) is 17.4. The summed E-state index contributed by atoms with van der Waals surface area (Å²) >= 11 is 0. The molecule has 24 heavy (non-hydrogen) atoms. The number of nitro groups is 1. The maximum atomic E-state index is 12.2. The second kappa shape index (κ2) is 7.06. The minimum atomic E-state index is -3.94. The fourth-order valence-corrected chi connectivity index (χ4v) is 2.92. The topological polar surface area (TPSA) is 142 Å². The summed E-state index contributed by atoms with van der Waals surface area (Å²) in [5, 5.41) is 10.7. The Morgan fingerprint density at radius 1 is 1.21 bits per heavy atom. The minimum Gasteiger partial charge on any atom is -0.410 e. The van der Waals surface area contributed by atoms with Crippen LogP contribution in [0.5, 0.6) is 5.75 Å². The third-order valence-corrected chi connectivity index (χ3v) is 4.32. The minimum absolute atomic E-state index is 0.0962. The standard InChI is InChI=1S/C14H13N3O6S/c15-14(18)23-12-5-1-3-10(7-12)9-16-24(21,22)13-6-2-4-11(8-13)17(19)20/h1-8,16H,9H2,(H2,15,18). The van der Waals surface area contributed by atoms with Crippen LogP contribution in [0.2, 0.25) is 0 Å². The van der Waals surface area contributed by atoms with Crippen LogP contribution in [-0.4, -0.2) is 19.4 Å². The van der Waals surface area contributed by atoms with Gasteiger partial charge in [-0.15, -0.1) is 0 Å². The zero-order chi connectivity index (χ0) is 17.7. The van der Waals surface area contributed by atoms with E-state index in [2.05, 4.69) is 4.72 Å². The van der Waals surface area contributed by atoms with Gasteiger partial charge in [-0.1, -0.05) is 18.2 Å². The average Bonchev–Trinajstić information content (AvgIpc) is 2.53. The van der Waals surface area contributed by atoms with E-state index in [4.69, 9.17) is 10.5 Å². The molecule has 2 aromatic carbocycles. The van der Waals surface area contributed by atoms with Gasteiger partial charge in [0.2, 0.25) is 10.0 Å². The summed E-state index contributed by atoms with van der Waals surface area (Å²) < 4.78 is 31.4. The maximum Gasteiger partial charge on any atom is 0.409 e. The number of non-ortho nitro benzene ring substituents is 1. The van der Waals surface area contributed by atoms with Crippen molar-refractivity contribution in [2.75, 3.05) is 0 Å². The number of nitro benzene ring substituents is 1. The fraction of sp³-hybridized carbons (Fsp3) is 0.0714. The number of hydrogen-bond acceptors (Lipinski definition) is 6. The van der Waals surface area contributed by atoms with Crippen LogP contribution in [0.4, 0.5) is 10.5 Å². The molecule has 0 bridgehead atoms. The third-order valence-electron chi connectivity index (χ3n) is 2.92. The Hall–Kier alpha value is -2.98.